The first-order chi connectivity index (χ1) is 14.5. The van der Waals surface area contributed by atoms with E-state index in [4.69, 9.17) is 9.15 Å². The van der Waals surface area contributed by atoms with E-state index in [0.29, 0.717) is 16.5 Å². The number of ether oxygens (including phenoxy) is 1. The molecule has 1 heterocycles. The Morgan fingerprint density at radius 1 is 1.16 bits per heavy atom. The van der Waals surface area contributed by atoms with Gasteiger partial charge in [0, 0.05) is 17.5 Å². The summed E-state index contributed by atoms with van der Waals surface area (Å²) in [7, 11) is -4.00. The second-order valence-electron chi connectivity index (χ2n) is 6.74. The van der Waals surface area contributed by atoms with Gasteiger partial charge in [-0.25, -0.2) is 17.9 Å². The number of sulfonamides is 1. The first kappa shape index (κ1) is 22.8. The average Bonchev–Trinajstić information content (AvgIpc) is 3.04. The van der Waals surface area contributed by atoms with E-state index in [2.05, 4.69) is 4.72 Å². The molecular formula is C21H20F3NO5S. The van der Waals surface area contributed by atoms with Crippen molar-refractivity contribution in [2.24, 2.45) is 0 Å². The largest absolute Gasteiger partial charge is 0.460 e. The normalized spacial score (nSPS) is 12.3. The molecule has 31 heavy (non-hydrogen) atoms. The van der Waals surface area contributed by atoms with Crippen molar-refractivity contribution in [1.82, 2.24) is 4.72 Å². The number of aryl methyl sites for hydroxylation is 1. The van der Waals surface area contributed by atoms with Crippen LogP contribution >= 0.6 is 0 Å². The summed E-state index contributed by atoms with van der Waals surface area (Å²) in [4.78, 5) is 11.9. The van der Waals surface area contributed by atoms with Gasteiger partial charge in [-0.3, -0.25) is 0 Å². The Morgan fingerprint density at radius 2 is 1.87 bits per heavy atom. The van der Waals surface area contributed by atoms with E-state index in [-0.39, 0.29) is 35.8 Å². The molecule has 0 fully saturated rings. The van der Waals surface area contributed by atoms with Gasteiger partial charge in [0.15, 0.2) is 0 Å². The molecule has 2 aromatic carbocycles. The molecule has 1 N–H and O–H groups in total. The highest BCUT2D eigenvalue weighted by Crippen LogP contribution is 2.32. The SMILES string of the molecule is CCOC(=O)c1oc2ccc(S(=O)(=O)NCCc3ccccc3C(F)(F)F)cc2c1C. The molecule has 10 heteroatoms. The van der Waals surface area contributed by atoms with Crippen LogP contribution in [0.3, 0.4) is 0 Å². The molecule has 0 saturated carbocycles. The Balaban J connectivity index is 1.80. The highest BCUT2D eigenvalue weighted by Gasteiger charge is 2.32. The van der Waals surface area contributed by atoms with E-state index < -0.39 is 27.7 Å². The lowest BCUT2D eigenvalue weighted by molar-refractivity contribution is -0.138. The van der Waals surface area contributed by atoms with E-state index in [9.17, 15) is 26.4 Å². The summed E-state index contributed by atoms with van der Waals surface area (Å²) in [6.45, 7) is 3.21. The fourth-order valence-corrected chi connectivity index (χ4v) is 4.23. The molecule has 0 unspecified atom stereocenters. The summed E-state index contributed by atoms with van der Waals surface area (Å²) in [6.07, 6.45) is -4.65. The first-order valence-electron chi connectivity index (χ1n) is 9.39. The predicted molar refractivity (Wildman–Crippen MR) is 107 cm³/mol. The lowest BCUT2D eigenvalue weighted by Crippen LogP contribution is -2.26. The van der Waals surface area contributed by atoms with Crippen molar-refractivity contribution < 1.29 is 35.5 Å². The summed E-state index contributed by atoms with van der Waals surface area (Å²) < 4.78 is 77.3. The lowest BCUT2D eigenvalue weighted by atomic mass is 10.0. The molecule has 0 saturated heterocycles. The molecule has 1 aromatic heterocycles. The highest BCUT2D eigenvalue weighted by molar-refractivity contribution is 7.89. The summed E-state index contributed by atoms with van der Waals surface area (Å²) >= 11 is 0. The van der Waals surface area contributed by atoms with Gasteiger partial charge in [0.25, 0.3) is 0 Å². The molecule has 0 amide bonds. The molecule has 0 atom stereocenters. The van der Waals surface area contributed by atoms with Crippen LogP contribution in [0.4, 0.5) is 13.2 Å². The number of hydrogen-bond acceptors (Lipinski definition) is 5. The van der Waals surface area contributed by atoms with E-state index in [1.54, 1.807) is 13.8 Å². The zero-order valence-corrected chi connectivity index (χ0v) is 17.6. The average molecular weight is 455 g/mol. The van der Waals surface area contributed by atoms with Gasteiger partial charge in [0.05, 0.1) is 17.1 Å². The minimum atomic E-state index is -4.52. The van der Waals surface area contributed by atoms with Crippen molar-refractivity contribution >= 4 is 27.0 Å². The molecular weight excluding hydrogens is 435 g/mol. The number of hydrogen-bond donors (Lipinski definition) is 1. The maximum Gasteiger partial charge on any atom is 0.416 e. The number of halogens is 3. The van der Waals surface area contributed by atoms with Gasteiger partial charge in [-0.15, -0.1) is 0 Å². The van der Waals surface area contributed by atoms with Gasteiger partial charge >= 0.3 is 12.1 Å². The molecule has 0 spiro atoms. The third kappa shape index (κ3) is 4.91. The molecule has 0 radical (unpaired) electrons. The Kier molecular flexibility index (Phi) is 6.42. The van der Waals surface area contributed by atoms with Crippen LogP contribution in [0.25, 0.3) is 11.0 Å². The molecule has 166 valence electrons. The minimum Gasteiger partial charge on any atom is -0.460 e. The zero-order valence-electron chi connectivity index (χ0n) is 16.7. The van der Waals surface area contributed by atoms with Crippen LogP contribution in [0.2, 0.25) is 0 Å². The Morgan fingerprint density at radius 3 is 2.55 bits per heavy atom. The van der Waals surface area contributed by atoms with Crippen molar-refractivity contribution in [3.8, 4) is 0 Å². The van der Waals surface area contributed by atoms with Crippen molar-refractivity contribution in [2.75, 3.05) is 13.2 Å². The summed E-state index contributed by atoms with van der Waals surface area (Å²) in [6, 6.07) is 9.09. The zero-order chi connectivity index (χ0) is 22.8. The van der Waals surface area contributed by atoms with E-state index in [1.165, 1.54) is 36.4 Å². The topological polar surface area (TPSA) is 85.6 Å². The van der Waals surface area contributed by atoms with Crippen LogP contribution in [0, 0.1) is 6.92 Å². The van der Waals surface area contributed by atoms with E-state index >= 15 is 0 Å². The number of rotatable bonds is 7. The number of fused-ring (bicyclic) bond motifs is 1. The predicted octanol–water partition coefficient (Wildman–Crippen LogP) is 4.46. The van der Waals surface area contributed by atoms with Crippen LogP contribution in [0.15, 0.2) is 51.8 Å². The van der Waals surface area contributed by atoms with Crippen LogP contribution in [-0.4, -0.2) is 27.5 Å². The van der Waals surface area contributed by atoms with E-state index in [0.717, 1.165) is 6.07 Å². The van der Waals surface area contributed by atoms with Crippen molar-refractivity contribution in [3.05, 3.63) is 64.9 Å². The lowest BCUT2D eigenvalue weighted by Gasteiger charge is -2.13. The Hall–Kier alpha value is -2.85. The second kappa shape index (κ2) is 8.72. The van der Waals surface area contributed by atoms with Gasteiger partial charge in [-0.1, -0.05) is 18.2 Å². The maximum atomic E-state index is 13.1. The van der Waals surface area contributed by atoms with Gasteiger partial charge in [0.1, 0.15) is 5.58 Å². The Bertz CT molecular complexity index is 1220. The van der Waals surface area contributed by atoms with Gasteiger partial charge in [-0.2, -0.15) is 13.2 Å². The highest BCUT2D eigenvalue weighted by atomic mass is 32.2. The van der Waals surface area contributed by atoms with Crippen LogP contribution in [0.5, 0.6) is 0 Å². The number of alkyl halides is 3. The maximum absolute atomic E-state index is 13.1. The van der Waals surface area contributed by atoms with Crippen LogP contribution < -0.4 is 4.72 Å². The van der Waals surface area contributed by atoms with Crippen molar-refractivity contribution in [1.29, 1.82) is 0 Å². The van der Waals surface area contributed by atoms with Crippen molar-refractivity contribution in [2.45, 2.75) is 31.3 Å². The number of nitrogens with one attached hydrogen (secondary N) is 1. The quantitative estimate of drug-likeness (QED) is 0.532. The smallest absolute Gasteiger partial charge is 0.416 e. The molecule has 0 bridgehead atoms. The molecule has 0 aliphatic heterocycles. The second-order valence-corrected chi connectivity index (χ2v) is 8.50. The van der Waals surface area contributed by atoms with Crippen molar-refractivity contribution in [3.63, 3.8) is 0 Å². The molecule has 6 nitrogen and oxygen atoms in total. The van der Waals surface area contributed by atoms with Gasteiger partial charge in [0.2, 0.25) is 15.8 Å². The number of esters is 1. The number of carbonyl (C=O) groups is 1. The fourth-order valence-electron chi connectivity index (χ4n) is 3.18. The van der Waals surface area contributed by atoms with E-state index in [1.807, 2.05) is 0 Å². The summed E-state index contributed by atoms with van der Waals surface area (Å²) in [5, 5.41) is 0.424. The van der Waals surface area contributed by atoms with Gasteiger partial charge < -0.3 is 9.15 Å². The molecule has 0 aliphatic rings. The number of furan rings is 1. The molecule has 0 aliphatic carbocycles. The number of carbonyl (C=O) groups excluding carboxylic acids is 1. The standard InChI is InChI=1S/C21H20F3NO5S/c1-3-29-20(26)19-13(2)16-12-15(8-9-18(16)30-19)31(27,28)25-11-10-14-6-4-5-7-17(14)21(22,23)24/h4-9,12,25H,3,10-11H2,1-2H3. The first-order valence-corrected chi connectivity index (χ1v) is 10.9. The monoisotopic (exact) mass is 455 g/mol. The fraction of sp³-hybridized carbons (Fsp3) is 0.286. The van der Waals surface area contributed by atoms with Gasteiger partial charge in [-0.05, 0) is 50.1 Å². The third-order valence-corrected chi connectivity index (χ3v) is 6.15. The minimum absolute atomic E-state index is 0.00194. The van der Waals surface area contributed by atoms with Crippen LogP contribution in [0.1, 0.15) is 34.2 Å². The summed E-state index contributed by atoms with van der Waals surface area (Å²) in [5.41, 5.74) is -0.0442. The van der Waals surface area contributed by atoms with Crippen LogP contribution in [-0.2, 0) is 27.4 Å². The number of benzene rings is 2. The molecule has 3 aromatic rings. The Labute approximate surface area is 177 Å². The third-order valence-electron chi connectivity index (χ3n) is 4.69. The summed E-state index contributed by atoms with van der Waals surface area (Å²) in [5.74, 6) is -0.662. The molecule has 3 rings (SSSR count).